The lowest BCUT2D eigenvalue weighted by Gasteiger charge is -2.09. The Balaban J connectivity index is 1.70. The molecule has 0 aliphatic heterocycles. The number of benzene rings is 1. The molecule has 1 amide bonds. The smallest absolute Gasteiger partial charge is 0.272 e. The van der Waals surface area contributed by atoms with Crippen LogP contribution in [-0.2, 0) is 6.42 Å². The molecule has 0 saturated heterocycles. The molecule has 2 N–H and O–H groups in total. The van der Waals surface area contributed by atoms with E-state index in [-0.39, 0.29) is 11.9 Å². The molecule has 3 rings (SSSR count). The standard InChI is InChI=1S/C18H21N3O2/c1-11(2)8-14-10-15(21-20-14)18(22)19-12(3)17-9-13-6-4-5-7-16(13)23-17/h4-7,9-12H,8H2,1-3H3,(H,19,22)(H,20,21). The van der Waals surface area contributed by atoms with Gasteiger partial charge in [0.2, 0.25) is 0 Å². The number of furan rings is 1. The van der Waals surface area contributed by atoms with Crippen LogP contribution in [-0.4, -0.2) is 16.1 Å². The number of amides is 1. The van der Waals surface area contributed by atoms with Gasteiger partial charge in [0.15, 0.2) is 0 Å². The second-order valence-electron chi connectivity index (χ2n) is 6.26. The zero-order chi connectivity index (χ0) is 16.4. The van der Waals surface area contributed by atoms with Crippen molar-refractivity contribution >= 4 is 16.9 Å². The molecule has 120 valence electrons. The SMILES string of the molecule is CC(C)Cc1cc(C(=O)NC(C)c2cc3ccccc3o2)n[nH]1. The van der Waals surface area contributed by atoms with Gasteiger partial charge in [-0.05, 0) is 37.5 Å². The number of fused-ring (bicyclic) bond motifs is 1. The van der Waals surface area contributed by atoms with E-state index in [1.165, 1.54) is 0 Å². The van der Waals surface area contributed by atoms with E-state index in [1.807, 2.05) is 37.3 Å². The summed E-state index contributed by atoms with van der Waals surface area (Å²) in [7, 11) is 0. The zero-order valence-electron chi connectivity index (χ0n) is 13.6. The van der Waals surface area contributed by atoms with Crippen molar-refractivity contribution in [1.29, 1.82) is 0 Å². The largest absolute Gasteiger partial charge is 0.459 e. The highest BCUT2D eigenvalue weighted by atomic mass is 16.3. The Hall–Kier alpha value is -2.56. The van der Waals surface area contributed by atoms with Crippen molar-refractivity contribution in [2.24, 2.45) is 5.92 Å². The van der Waals surface area contributed by atoms with Gasteiger partial charge in [0.25, 0.3) is 5.91 Å². The molecule has 5 heteroatoms. The summed E-state index contributed by atoms with van der Waals surface area (Å²) in [5.41, 5.74) is 2.20. The van der Waals surface area contributed by atoms with E-state index in [4.69, 9.17) is 4.42 Å². The Bertz CT molecular complexity index is 783. The number of carbonyl (C=O) groups is 1. The van der Waals surface area contributed by atoms with Crippen LogP contribution in [0.1, 0.15) is 48.8 Å². The average molecular weight is 311 g/mol. The number of nitrogens with zero attached hydrogens (tertiary/aromatic N) is 1. The van der Waals surface area contributed by atoms with Crippen molar-refractivity contribution in [2.75, 3.05) is 0 Å². The van der Waals surface area contributed by atoms with E-state index in [0.717, 1.165) is 28.8 Å². The van der Waals surface area contributed by atoms with Crippen molar-refractivity contribution in [3.63, 3.8) is 0 Å². The molecule has 0 aliphatic rings. The molecule has 1 atom stereocenters. The Kier molecular flexibility index (Phi) is 4.19. The first kappa shape index (κ1) is 15.3. The molecular weight excluding hydrogens is 290 g/mol. The molecule has 5 nitrogen and oxygen atoms in total. The van der Waals surface area contributed by atoms with E-state index in [9.17, 15) is 4.79 Å². The van der Waals surface area contributed by atoms with Gasteiger partial charge in [0.05, 0.1) is 6.04 Å². The number of hydrogen-bond acceptors (Lipinski definition) is 3. The molecular formula is C18H21N3O2. The fourth-order valence-corrected chi connectivity index (χ4v) is 2.58. The van der Waals surface area contributed by atoms with Crippen molar-refractivity contribution in [1.82, 2.24) is 15.5 Å². The fourth-order valence-electron chi connectivity index (χ4n) is 2.58. The van der Waals surface area contributed by atoms with Crippen LogP contribution in [0.4, 0.5) is 0 Å². The summed E-state index contributed by atoms with van der Waals surface area (Å²) in [5.74, 6) is 1.04. The first-order valence-corrected chi connectivity index (χ1v) is 7.86. The van der Waals surface area contributed by atoms with Crippen molar-refractivity contribution in [2.45, 2.75) is 33.2 Å². The molecule has 2 heterocycles. The number of H-pyrrole nitrogens is 1. The van der Waals surface area contributed by atoms with Gasteiger partial charge in [-0.25, -0.2) is 0 Å². The second-order valence-corrected chi connectivity index (χ2v) is 6.26. The van der Waals surface area contributed by atoms with Gasteiger partial charge < -0.3 is 9.73 Å². The summed E-state index contributed by atoms with van der Waals surface area (Å²) in [6.07, 6.45) is 0.874. The van der Waals surface area contributed by atoms with Crippen LogP contribution < -0.4 is 5.32 Å². The highest BCUT2D eigenvalue weighted by Crippen LogP contribution is 2.23. The summed E-state index contributed by atoms with van der Waals surface area (Å²) in [4.78, 5) is 12.3. The summed E-state index contributed by atoms with van der Waals surface area (Å²) in [6, 6.07) is 11.3. The molecule has 3 aromatic rings. The van der Waals surface area contributed by atoms with Crippen LogP contribution in [0.2, 0.25) is 0 Å². The average Bonchev–Trinajstić information content (AvgIpc) is 3.12. The van der Waals surface area contributed by atoms with Crippen molar-refractivity contribution in [3.8, 4) is 0 Å². The normalized spacial score (nSPS) is 12.7. The van der Waals surface area contributed by atoms with Crippen LogP contribution in [0.25, 0.3) is 11.0 Å². The van der Waals surface area contributed by atoms with Crippen LogP contribution in [0.15, 0.2) is 40.8 Å². The predicted molar refractivity (Wildman–Crippen MR) is 89.2 cm³/mol. The number of carbonyl (C=O) groups excluding carboxylic acids is 1. The number of hydrogen-bond donors (Lipinski definition) is 2. The Morgan fingerprint density at radius 2 is 2.04 bits per heavy atom. The Morgan fingerprint density at radius 1 is 1.26 bits per heavy atom. The maximum Gasteiger partial charge on any atom is 0.272 e. The highest BCUT2D eigenvalue weighted by molar-refractivity contribution is 5.92. The van der Waals surface area contributed by atoms with Gasteiger partial charge in [-0.1, -0.05) is 32.0 Å². The number of aromatic nitrogens is 2. The lowest BCUT2D eigenvalue weighted by Crippen LogP contribution is -2.26. The van der Waals surface area contributed by atoms with E-state index in [1.54, 1.807) is 6.07 Å². The molecule has 2 aromatic heterocycles. The predicted octanol–water partition coefficient (Wildman–Crippen LogP) is 3.85. The number of nitrogens with one attached hydrogen (secondary N) is 2. The third kappa shape index (κ3) is 3.44. The van der Waals surface area contributed by atoms with Gasteiger partial charge in [0.1, 0.15) is 17.0 Å². The number of rotatable bonds is 5. The van der Waals surface area contributed by atoms with E-state index < -0.39 is 0 Å². The third-order valence-corrected chi connectivity index (χ3v) is 3.71. The second kappa shape index (κ2) is 6.28. The molecule has 23 heavy (non-hydrogen) atoms. The maximum atomic E-state index is 12.3. The van der Waals surface area contributed by atoms with Crippen LogP contribution in [0.3, 0.4) is 0 Å². The molecule has 0 saturated carbocycles. The van der Waals surface area contributed by atoms with Crippen LogP contribution in [0, 0.1) is 5.92 Å². The van der Waals surface area contributed by atoms with Gasteiger partial charge >= 0.3 is 0 Å². The molecule has 0 spiro atoms. The van der Waals surface area contributed by atoms with Crippen LogP contribution in [0.5, 0.6) is 0 Å². The minimum absolute atomic E-state index is 0.204. The highest BCUT2D eigenvalue weighted by Gasteiger charge is 2.17. The summed E-state index contributed by atoms with van der Waals surface area (Å²) in [6.45, 7) is 6.16. The van der Waals surface area contributed by atoms with Gasteiger partial charge in [-0.15, -0.1) is 0 Å². The van der Waals surface area contributed by atoms with Gasteiger partial charge in [-0.3, -0.25) is 9.89 Å². The molecule has 1 unspecified atom stereocenters. The monoisotopic (exact) mass is 311 g/mol. The Labute approximate surface area is 135 Å². The first-order valence-electron chi connectivity index (χ1n) is 7.86. The molecule has 0 bridgehead atoms. The number of aromatic amines is 1. The van der Waals surface area contributed by atoms with Crippen molar-refractivity contribution < 1.29 is 9.21 Å². The van der Waals surface area contributed by atoms with E-state index in [2.05, 4.69) is 29.4 Å². The van der Waals surface area contributed by atoms with Gasteiger partial charge in [-0.2, -0.15) is 5.10 Å². The summed E-state index contributed by atoms with van der Waals surface area (Å²) in [5, 5.41) is 11.0. The summed E-state index contributed by atoms with van der Waals surface area (Å²) < 4.78 is 5.78. The summed E-state index contributed by atoms with van der Waals surface area (Å²) >= 11 is 0. The molecule has 0 aliphatic carbocycles. The first-order chi connectivity index (χ1) is 11.0. The maximum absolute atomic E-state index is 12.3. The van der Waals surface area contributed by atoms with Crippen LogP contribution >= 0.6 is 0 Å². The van der Waals surface area contributed by atoms with E-state index in [0.29, 0.717) is 11.6 Å². The Morgan fingerprint density at radius 3 is 2.78 bits per heavy atom. The number of para-hydroxylation sites is 1. The van der Waals surface area contributed by atoms with E-state index >= 15 is 0 Å². The topological polar surface area (TPSA) is 70.9 Å². The lowest BCUT2D eigenvalue weighted by molar-refractivity contribution is 0.0930. The van der Waals surface area contributed by atoms with Gasteiger partial charge in [0, 0.05) is 11.1 Å². The lowest BCUT2D eigenvalue weighted by atomic mass is 10.1. The minimum Gasteiger partial charge on any atom is -0.459 e. The third-order valence-electron chi connectivity index (χ3n) is 3.71. The molecule has 0 radical (unpaired) electrons. The molecule has 1 aromatic carbocycles. The zero-order valence-corrected chi connectivity index (χ0v) is 13.6. The molecule has 0 fully saturated rings. The quantitative estimate of drug-likeness (QED) is 0.752. The van der Waals surface area contributed by atoms with Crippen molar-refractivity contribution in [3.05, 3.63) is 53.5 Å². The minimum atomic E-state index is -0.222. The fraction of sp³-hybridized carbons (Fsp3) is 0.333.